The SMILES string of the molecule is CC1=NOC(C)C1C1NC2=C(CCCC2)C1c1ccc(O)cc1. The molecule has 0 saturated carbocycles. The lowest BCUT2D eigenvalue weighted by molar-refractivity contribution is 0.0668. The highest BCUT2D eigenvalue weighted by Crippen LogP contribution is 2.46. The molecule has 0 fully saturated rings. The van der Waals surface area contributed by atoms with Crippen LogP contribution in [0.1, 0.15) is 51.0 Å². The molecule has 0 radical (unpaired) electrons. The van der Waals surface area contributed by atoms with Crippen molar-refractivity contribution in [1.29, 1.82) is 0 Å². The van der Waals surface area contributed by atoms with Crippen molar-refractivity contribution in [1.82, 2.24) is 5.32 Å². The van der Waals surface area contributed by atoms with Gasteiger partial charge >= 0.3 is 0 Å². The maximum Gasteiger partial charge on any atom is 0.134 e. The molecule has 2 aliphatic heterocycles. The third-order valence-corrected chi connectivity index (χ3v) is 5.58. The second kappa shape index (κ2) is 5.59. The first-order valence-corrected chi connectivity index (χ1v) is 8.63. The number of phenols is 1. The molecule has 4 rings (SSSR count). The van der Waals surface area contributed by atoms with E-state index in [1.54, 1.807) is 17.7 Å². The van der Waals surface area contributed by atoms with E-state index in [4.69, 9.17) is 4.84 Å². The van der Waals surface area contributed by atoms with Gasteiger partial charge in [-0.3, -0.25) is 0 Å². The molecule has 4 nitrogen and oxygen atoms in total. The van der Waals surface area contributed by atoms with Crippen LogP contribution >= 0.6 is 0 Å². The summed E-state index contributed by atoms with van der Waals surface area (Å²) in [5, 5.41) is 17.7. The van der Waals surface area contributed by atoms with Crippen LogP contribution in [0.4, 0.5) is 0 Å². The molecule has 3 aliphatic rings. The van der Waals surface area contributed by atoms with E-state index in [-0.39, 0.29) is 6.10 Å². The molecule has 4 atom stereocenters. The minimum absolute atomic E-state index is 0.105. The molecule has 1 aromatic rings. The number of rotatable bonds is 2. The maximum atomic E-state index is 9.63. The molecule has 1 aliphatic carbocycles. The zero-order valence-electron chi connectivity index (χ0n) is 13.7. The Hall–Kier alpha value is -1.97. The summed E-state index contributed by atoms with van der Waals surface area (Å²) in [6.07, 6.45) is 4.96. The number of nitrogens with zero attached hydrogens (tertiary/aromatic N) is 1. The predicted molar refractivity (Wildman–Crippen MR) is 90.4 cm³/mol. The van der Waals surface area contributed by atoms with Crippen molar-refractivity contribution in [2.75, 3.05) is 0 Å². The first-order valence-electron chi connectivity index (χ1n) is 8.63. The Kier molecular flexibility index (Phi) is 3.55. The van der Waals surface area contributed by atoms with Crippen LogP contribution in [0.25, 0.3) is 0 Å². The van der Waals surface area contributed by atoms with Crippen molar-refractivity contribution >= 4 is 5.71 Å². The van der Waals surface area contributed by atoms with E-state index in [0.717, 1.165) is 12.1 Å². The number of hydrogen-bond acceptors (Lipinski definition) is 4. The van der Waals surface area contributed by atoms with Crippen LogP contribution in [-0.4, -0.2) is 23.0 Å². The van der Waals surface area contributed by atoms with Gasteiger partial charge in [0.05, 0.1) is 11.6 Å². The number of benzene rings is 1. The minimum Gasteiger partial charge on any atom is -0.508 e. The standard InChI is InChI=1S/C19H24N2O2/c1-11-17(12(2)23-21-11)19-18(13-7-9-14(22)10-8-13)15-5-3-4-6-16(15)20-19/h7-10,12,17-20,22H,3-6H2,1-2H3. The van der Waals surface area contributed by atoms with Gasteiger partial charge in [-0.25, -0.2) is 0 Å². The highest BCUT2D eigenvalue weighted by atomic mass is 16.6. The summed E-state index contributed by atoms with van der Waals surface area (Å²) >= 11 is 0. The Labute approximate surface area is 137 Å². The van der Waals surface area contributed by atoms with E-state index < -0.39 is 0 Å². The van der Waals surface area contributed by atoms with E-state index >= 15 is 0 Å². The number of phenolic OH excluding ortho intramolecular Hbond substituents is 1. The number of aromatic hydroxyl groups is 1. The molecule has 0 spiro atoms. The van der Waals surface area contributed by atoms with Gasteiger partial charge in [0.1, 0.15) is 11.9 Å². The largest absolute Gasteiger partial charge is 0.508 e. The highest BCUT2D eigenvalue weighted by molar-refractivity contribution is 5.86. The third-order valence-electron chi connectivity index (χ3n) is 5.58. The van der Waals surface area contributed by atoms with Crippen LogP contribution in [0.15, 0.2) is 40.7 Å². The molecule has 122 valence electrons. The summed E-state index contributed by atoms with van der Waals surface area (Å²) in [4.78, 5) is 5.54. The van der Waals surface area contributed by atoms with Crippen LogP contribution in [0.3, 0.4) is 0 Å². The second-order valence-corrected chi connectivity index (χ2v) is 7.02. The second-order valence-electron chi connectivity index (χ2n) is 7.02. The molecule has 2 N–H and O–H groups in total. The van der Waals surface area contributed by atoms with E-state index in [1.807, 2.05) is 0 Å². The quantitative estimate of drug-likeness (QED) is 0.876. The summed E-state index contributed by atoms with van der Waals surface area (Å²) < 4.78 is 0. The Bertz CT molecular complexity index is 662. The monoisotopic (exact) mass is 312 g/mol. The average molecular weight is 312 g/mol. The Balaban J connectivity index is 1.74. The van der Waals surface area contributed by atoms with Crippen LogP contribution in [0.5, 0.6) is 5.75 Å². The van der Waals surface area contributed by atoms with E-state index in [1.165, 1.54) is 30.5 Å². The molecule has 1 aromatic carbocycles. The molecule has 2 heterocycles. The van der Waals surface area contributed by atoms with Crippen LogP contribution in [-0.2, 0) is 4.84 Å². The molecule has 23 heavy (non-hydrogen) atoms. The zero-order valence-corrected chi connectivity index (χ0v) is 13.7. The zero-order chi connectivity index (χ0) is 16.0. The van der Waals surface area contributed by atoms with Crippen molar-refractivity contribution in [3.05, 3.63) is 41.1 Å². The van der Waals surface area contributed by atoms with Gasteiger partial charge in [0.25, 0.3) is 0 Å². The van der Waals surface area contributed by atoms with Gasteiger partial charge < -0.3 is 15.3 Å². The summed E-state index contributed by atoms with van der Waals surface area (Å²) in [6.45, 7) is 4.18. The molecule has 0 saturated heterocycles. The summed E-state index contributed by atoms with van der Waals surface area (Å²) in [5.41, 5.74) is 5.35. The fourth-order valence-electron chi connectivity index (χ4n) is 4.51. The topological polar surface area (TPSA) is 53.8 Å². The lowest BCUT2D eigenvalue weighted by Gasteiger charge is -2.29. The first-order chi connectivity index (χ1) is 11.1. The van der Waals surface area contributed by atoms with Gasteiger partial charge in [-0.1, -0.05) is 17.3 Å². The lowest BCUT2D eigenvalue weighted by Crippen LogP contribution is -2.42. The average Bonchev–Trinajstić information content (AvgIpc) is 3.08. The van der Waals surface area contributed by atoms with Crippen LogP contribution < -0.4 is 5.32 Å². The van der Waals surface area contributed by atoms with Gasteiger partial charge in [-0.2, -0.15) is 0 Å². The molecule has 0 amide bonds. The molecule has 4 heteroatoms. The molecular weight excluding hydrogens is 288 g/mol. The van der Waals surface area contributed by atoms with Crippen molar-refractivity contribution in [2.24, 2.45) is 11.1 Å². The number of hydrogen-bond donors (Lipinski definition) is 2. The number of allylic oxidation sites excluding steroid dienone is 1. The van der Waals surface area contributed by atoms with E-state index in [2.05, 4.69) is 36.5 Å². The van der Waals surface area contributed by atoms with Gasteiger partial charge in [-0.05, 0) is 62.8 Å². The molecule has 0 aromatic heterocycles. The van der Waals surface area contributed by atoms with Crippen LogP contribution in [0.2, 0.25) is 0 Å². The van der Waals surface area contributed by atoms with Crippen molar-refractivity contribution < 1.29 is 9.94 Å². The fourth-order valence-corrected chi connectivity index (χ4v) is 4.51. The summed E-state index contributed by atoms with van der Waals surface area (Å²) in [5.74, 6) is 0.967. The summed E-state index contributed by atoms with van der Waals surface area (Å²) in [6, 6.07) is 8.01. The van der Waals surface area contributed by atoms with Gasteiger partial charge in [-0.15, -0.1) is 0 Å². The lowest BCUT2D eigenvalue weighted by atomic mass is 9.76. The number of nitrogens with one attached hydrogen (secondary N) is 1. The Morgan fingerprint density at radius 1 is 1.17 bits per heavy atom. The van der Waals surface area contributed by atoms with E-state index in [9.17, 15) is 5.11 Å². The molecule has 0 bridgehead atoms. The Morgan fingerprint density at radius 2 is 1.91 bits per heavy atom. The van der Waals surface area contributed by atoms with Gasteiger partial charge in [0.2, 0.25) is 0 Å². The van der Waals surface area contributed by atoms with Crippen molar-refractivity contribution in [3.8, 4) is 5.75 Å². The Morgan fingerprint density at radius 3 is 2.61 bits per heavy atom. The normalized spacial score (nSPS) is 33.0. The third kappa shape index (κ3) is 2.41. The maximum absolute atomic E-state index is 9.63. The van der Waals surface area contributed by atoms with Crippen LogP contribution in [0, 0.1) is 5.92 Å². The van der Waals surface area contributed by atoms with Crippen molar-refractivity contribution in [2.45, 2.75) is 57.6 Å². The minimum atomic E-state index is 0.105. The fraction of sp³-hybridized carbons (Fsp3) is 0.526. The van der Waals surface area contributed by atoms with Gasteiger partial charge in [0.15, 0.2) is 0 Å². The van der Waals surface area contributed by atoms with E-state index in [0.29, 0.717) is 23.6 Å². The predicted octanol–water partition coefficient (Wildman–Crippen LogP) is 3.69. The van der Waals surface area contributed by atoms with Crippen molar-refractivity contribution in [3.63, 3.8) is 0 Å². The smallest absolute Gasteiger partial charge is 0.134 e. The summed E-state index contributed by atoms with van der Waals surface area (Å²) in [7, 11) is 0. The van der Waals surface area contributed by atoms with Gasteiger partial charge in [0, 0.05) is 17.7 Å². The molecular formula is C19H24N2O2. The number of oxime groups is 1. The first kappa shape index (κ1) is 14.6. The highest BCUT2D eigenvalue weighted by Gasteiger charge is 2.45. The molecule has 4 unspecified atom stereocenters.